The summed E-state index contributed by atoms with van der Waals surface area (Å²) in [5, 5.41) is 12.7. The van der Waals surface area contributed by atoms with Crippen molar-refractivity contribution in [3.63, 3.8) is 0 Å². The highest BCUT2D eigenvalue weighted by atomic mass is 16.5. The summed E-state index contributed by atoms with van der Waals surface area (Å²) in [4.78, 5) is 11.7. The summed E-state index contributed by atoms with van der Waals surface area (Å²) >= 11 is 0. The van der Waals surface area contributed by atoms with Crippen LogP contribution in [-0.4, -0.2) is 29.8 Å². The van der Waals surface area contributed by atoms with E-state index in [-0.39, 0.29) is 25.0 Å². The number of nitrogens with one attached hydrogen (secondary N) is 1. The molecule has 112 valence electrons. The molecule has 0 aromatic heterocycles. The second-order valence-corrected chi connectivity index (χ2v) is 5.85. The predicted octanol–water partition coefficient (Wildman–Crippen LogP) is 2.21. The third-order valence-electron chi connectivity index (χ3n) is 3.58. The van der Waals surface area contributed by atoms with Crippen LogP contribution in [-0.2, 0) is 4.79 Å². The lowest BCUT2D eigenvalue weighted by Crippen LogP contribution is -2.45. The Morgan fingerprint density at radius 1 is 1.40 bits per heavy atom. The van der Waals surface area contributed by atoms with E-state index in [2.05, 4.69) is 5.32 Å². The fourth-order valence-corrected chi connectivity index (χ4v) is 1.64. The number of aliphatic hydroxyl groups is 1. The number of ether oxygens (including phenoxy) is 1. The van der Waals surface area contributed by atoms with Crippen molar-refractivity contribution in [3.8, 4) is 5.75 Å². The summed E-state index contributed by atoms with van der Waals surface area (Å²) in [7, 11) is 0. The van der Waals surface area contributed by atoms with E-state index >= 15 is 0 Å². The minimum atomic E-state index is -0.907. The van der Waals surface area contributed by atoms with E-state index in [9.17, 15) is 9.90 Å². The molecular formula is C16H25NO3. The summed E-state index contributed by atoms with van der Waals surface area (Å²) < 4.78 is 5.49. The summed E-state index contributed by atoms with van der Waals surface area (Å²) in [5.41, 5.74) is 1.26. The first-order valence-corrected chi connectivity index (χ1v) is 6.91. The van der Waals surface area contributed by atoms with Crippen LogP contribution in [0.4, 0.5) is 0 Å². The predicted molar refractivity (Wildman–Crippen MR) is 79.9 cm³/mol. The third kappa shape index (κ3) is 4.85. The average molecular weight is 279 g/mol. The van der Waals surface area contributed by atoms with Gasteiger partial charge in [0.15, 0.2) is 6.61 Å². The minimum absolute atomic E-state index is 0.0436. The molecule has 1 unspecified atom stereocenters. The standard InChI is InChI=1S/C16H25NO3/c1-11(2)16(5,19)10-17-15(18)9-20-14-7-6-12(3)8-13(14)4/h6-8,11,19H,9-10H2,1-5H3,(H,17,18). The maximum Gasteiger partial charge on any atom is 0.258 e. The average Bonchev–Trinajstić information content (AvgIpc) is 2.35. The lowest BCUT2D eigenvalue weighted by Gasteiger charge is -2.27. The smallest absolute Gasteiger partial charge is 0.258 e. The molecule has 0 radical (unpaired) electrons. The van der Waals surface area contributed by atoms with Crippen molar-refractivity contribution in [1.82, 2.24) is 5.32 Å². The van der Waals surface area contributed by atoms with Crippen molar-refractivity contribution >= 4 is 5.91 Å². The molecule has 0 fully saturated rings. The molecule has 1 amide bonds. The highest BCUT2D eigenvalue weighted by Gasteiger charge is 2.25. The lowest BCUT2D eigenvalue weighted by molar-refractivity contribution is -0.124. The molecule has 2 N–H and O–H groups in total. The topological polar surface area (TPSA) is 58.6 Å². The number of rotatable bonds is 6. The quantitative estimate of drug-likeness (QED) is 0.839. The van der Waals surface area contributed by atoms with Crippen LogP contribution in [0, 0.1) is 19.8 Å². The van der Waals surface area contributed by atoms with Gasteiger partial charge < -0.3 is 15.2 Å². The Balaban J connectivity index is 2.44. The van der Waals surface area contributed by atoms with E-state index in [1.165, 1.54) is 0 Å². The van der Waals surface area contributed by atoms with Crippen molar-refractivity contribution in [2.75, 3.05) is 13.2 Å². The first kappa shape index (κ1) is 16.5. The van der Waals surface area contributed by atoms with E-state index in [4.69, 9.17) is 4.74 Å². The molecule has 0 aliphatic heterocycles. The molecule has 1 aromatic rings. The van der Waals surface area contributed by atoms with Gasteiger partial charge >= 0.3 is 0 Å². The molecule has 0 saturated carbocycles. The van der Waals surface area contributed by atoms with Crippen molar-refractivity contribution in [2.24, 2.45) is 5.92 Å². The zero-order valence-electron chi connectivity index (χ0n) is 13.0. The number of hydrogen-bond acceptors (Lipinski definition) is 3. The van der Waals surface area contributed by atoms with Crippen LogP contribution in [0.3, 0.4) is 0 Å². The van der Waals surface area contributed by atoms with Crippen LogP contribution in [0.15, 0.2) is 18.2 Å². The SMILES string of the molecule is Cc1ccc(OCC(=O)NCC(C)(O)C(C)C)c(C)c1. The summed E-state index contributed by atoms with van der Waals surface area (Å²) in [5.74, 6) is 0.551. The van der Waals surface area contributed by atoms with Gasteiger partial charge in [-0.1, -0.05) is 31.5 Å². The van der Waals surface area contributed by atoms with Gasteiger partial charge in [-0.25, -0.2) is 0 Å². The van der Waals surface area contributed by atoms with Crippen LogP contribution in [0.5, 0.6) is 5.75 Å². The number of hydrogen-bond donors (Lipinski definition) is 2. The maximum atomic E-state index is 11.7. The Labute approximate surface area is 121 Å². The Morgan fingerprint density at radius 2 is 2.05 bits per heavy atom. The fraction of sp³-hybridized carbons (Fsp3) is 0.562. The van der Waals surface area contributed by atoms with Crippen LogP contribution in [0.2, 0.25) is 0 Å². The van der Waals surface area contributed by atoms with Crippen molar-refractivity contribution < 1.29 is 14.6 Å². The summed E-state index contributed by atoms with van der Waals surface area (Å²) in [6.45, 7) is 9.68. The molecule has 0 saturated heterocycles. The van der Waals surface area contributed by atoms with Gasteiger partial charge in [-0.2, -0.15) is 0 Å². The van der Waals surface area contributed by atoms with E-state index in [1.54, 1.807) is 6.92 Å². The van der Waals surface area contributed by atoms with Crippen molar-refractivity contribution in [2.45, 2.75) is 40.2 Å². The molecule has 20 heavy (non-hydrogen) atoms. The van der Waals surface area contributed by atoms with Crippen molar-refractivity contribution in [1.29, 1.82) is 0 Å². The van der Waals surface area contributed by atoms with Gasteiger partial charge in [-0.05, 0) is 38.3 Å². The molecule has 1 aromatic carbocycles. The second kappa shape index (κ2) is 6.75. The lowest BCUT2D eigenvalue weighted by atomic mass is 9.93. The Morgan fingerprint density at radius 3 is 2.60 bits per heavy atom. The largest absolute Gasteiger partial charge is 0.484 e. The van der Waals surface area contributed by atoms with Gasteiger partial charge in [-0.15, -0.1) is 0 Å². The Hall–Kier alpha value is -1.55. The van der Waals surface area contributed by atoms with Crippen LogP contribution < -0.4 is 10.1 Å². The Kier molecular flexibility index (Phi) is 5.57. The van der Waals surface area contributed by atoms with E-state index in [1.807, 2.05) is 45.9 Å². The monoisotopic (exact) mass is 279 g/mol. The first-order chi connectivity index (χ1) is 9.22. The van der Waals surface area contributed by atoms with E-state index in [0.29, 0.717) is 5.75 Å². The maximum absolute atomic E-state index is 11.7. The van der Waals surface area contributed by atoms with E-state index in [0.717, 1.165) is 11.1 Å². The molecule has 0 heterocycles. The van der Waals surface area contributed by atoms with Crippen LogP contribution in [0.1, 0.15) is 31.9 Å². The highest BCUT2D eigenvalue weighted by molar-refractivity contribution is 5.77. The molecule has 0 aliphatic rings. The second-order valence-electron chi connectivity index (χ2n) is 5.85. The van der Waals surface area contributed by atoms with Gasteiger partial charge in [0, 0.05) is 6.54 Å². The minimum Gasteiger partial charge on any atom is -0.484 e. The fourth-order valence-electron chi connectivity index (χ4n) is 1.64. The number of carbonyl (C=O) groups excluding carboxylic acids is 1. The van der Waals surface area contributed by atoms with Gasteiger partial charge in [0.2, 0.25) is 0 Å². The van der Waals surface area contributed by atoms with Crippen LogP contribution >= 0.6 is 0 Å². The molecule has 0 bridgehead atoms. The van der Waals surface area contributed by atoms with Gasteiger partial charge in [-0.3, -0.25) is 4.79 Å². The highest BCUT2D eigenvalue weighted by Crippen LogP contribution is 2.18. The number of benzene rings is 1. The molecule has 4 heteroatoms. The number of aryl methyl sites for hydroxylation is 2. The third-order valence-corrected chi connectivity index (χ3v) is 3.58. The molecule has 0 spiro atoms. The van der Waals surface area contributed by atoms with Gasteiger partial charge in [0.25, 0.3) is 5.91 Å². The zero-order valence-corrected chi connectivity index (χ0v) is 13.0. The molecule has 1 atom stereocenters. The number of amides is 1. The molecule has 0 aliphatic carbocycles. The first-order valence-electron chi connectivity index (χ1n) is 6.91. The van der Waals surface area contributed by atoms with Crippen molar-refractivity contribution in [3.05, 3.63) is 29.3 Å². The summed E-state index contributed by atoms with van der Waals surface area (Å²) in [6, 6.07) is 5.82. The summed E-state index contributed by atoms with van der Waals surface area (Å²) in [6.07, 6.45) is 0. The van der Waals surface area contributed by atoms with Crippen LogP contribution in [0.25, 0.3) is 0 Å². The molecular weight excluding hydrogens is 254 g/mol. The van der Waals surface area contributed by atoms with Gasteiger partial charge in [0.05, 0.1) is 5.60 Å². The molecule has 4 nitrogen and oxygen atoms in total. The van der Waals surface area contributed by atoms with Gasteiger partial charge in [0.1, 0.15) is 5.75 Å². The van der Waals surface area contributed by atoms with E-state index < -0.39 is 5.60 Å². The Bertz CT molecular complexity index is 467. The zero-order chi connectivity index (χ0) is 15.3. The molecule has 1 rings (SSSR count). The normalized spacial score (nSPS) is 13.9. The number of carbonyl (C=O) groups is 1.